The molecule has 0 aromatic carbocycles. The van der Waals surface area contributed by atoms with E-state index in [-0.39, 0.29) is 6.10 Å². The zero-order valence-corrected chi connectivity index (χ0v) is 5.58. The molecule has 1 saturated carbocycles. The van der Waals surface area contributed by atoms with E-state index in [0.717, 1.165) is 6.42 Å². The molecule has 1 heterocycles. The van der Waals surface area contributed by atoms with Crippen molar-refractivity contribution < 1.29 is 5.11 Å². The van der Waals surface area contributed by atoms with Gasteiger partial charge < -0.3 is 5.11 Å². The molecule has 8 heavy (non-hydrogen) atoms. The molecule has 2 unspecified atom stereocenters. The van der Waals surface area contributed by atoms with Crippen LogP contribution in [0.1, 0.15) is 19.3 Å². The number of rotatable bonds is 0. The van der Waals surface area contributed by atoms with Crippen LogP contribution in [-0.2, 0) is 0 Å². The fraction of sp³-hybridized carbons (Fsp3) is 1.00. The Kier molecular flexibility index (Phi) is 0.910. The van der Waals surface area contributed by atoms with Crippen molar-refractivity contribution in [3.63, 3.8) is 0 Å². The van der Waals surface area contributed by atoms with Crippen LogP contribution in [0.15, 0.2) is 0 Å². The van der Waals surface area contributed by atoms with Gasteiger partial charge >= 0.3 is 0 Å². The Morgan fingerprint density at radius 2 is 2.38 bits per heavy atom. The van der Waals surface area contributed by atoms with Crippen LogP contribution in [0.4, 0.5) is 0 Å². The summed E-state index contributed by atoms with van der Waals surface area (Å²) < 4.78 is 0.375. The minimum absolute atomic E-state index is 0.0509. The van der Waals surface area contributed by atoms with Gasteiger partial charge in [0.15, 0.2) is 0 Å². The Bertz CT molecular complexity index is 107. The highest BCUT2D eigenvalue weighted by atomic mass is 32.2. The van der Waals surface area contributed by atoms with Gasteiger partial charge in [-0.1, -0.05) is 0 Å². The van der Waals surface area contributed by atoms with Crippen molar-refractivity contribution >= 4 is 11.8 Å². The van der Waals surface area contributed by atoms with Gasteiger partial charge in [0, 0.05) is 4.75 Å². The van der Waals surface area contributed by atoms with Crippen molar-refractivity contribution in [2.75, 3.05) is 5.75 Å². The summed E-state index contributed by atoms with van der Waals surface area (Å²) in [4.78, 5) is 0. The molecule has 0 bridgehead atoms. The summed E-state index contributed by atoms with van der Waals surface area (Å²) in [5.74, 6) is 1.27. The first-order chi connectivity index (χ1) is 3.83. The minimum Gasteiger partial charge on any atom is -0.392 e. The maximum Gasteiger partial charge on any atom is 0.0702 e. The summed E-state index contributed by atoms with van der Waals surface area (Å²) in [7, 11) is 0. The summed E-state index contributed by atoms with van der Waals surface area (Å²) in [6.45, 7) is 0. The summed E-state index contributed by atoms with van der Waals surface area (Å²) >= 11 is 1.97. The van der Waals surface area contributed by atoms with Crippen molar-refractivity contribution in [2.24, 2.45) is 0 Å². The third-order valence-corrected chi connectivity index (χ3v) is 3.83. The molecule has 2 atom stereocenters. The Morgan fingerprint density at radius 3 is 2.62 bits per heavy atom. The van der Waals surface area contributed by atoms with Gasteiger partial charge in [-0.2, -0.15) is 11.8 Å². The topological polar surface area (TPSA) is 20.2 Å². The molecule has 0 aromatic heterocycles. The Morgan fingerprint density at radius 1 is 1.62 bits per heavy atom. The van der Waals surface area contributed by atoms with Gasteiger partial charge in [-0.25, -0.2) is 0 Å². The summed E-state index contributed by atoms with van der Waals surface area (Å²) in [5.41, 5.74) is 0. The summed E-state index contributed by atoms with van der Waals surface area (Å²) in [6.07, 6.45) is 3.70. The second-order valence-electron chi connectivity index (χ2n) is 2.74. The van der Waals surface area contributed by atoms with Gasteiger partial charge in [0.25, 0.3) is 0 Å². The minimum atomic E-state index is 0.0509. The van der Waals surface area contributed by atoms with Crippen LogP contribution in [0.25, 0.3) is 0 Å². The smallest absolute Gasteiger partial charge is 0.0702 e. The van der Waals surface area contributed by atoms with E-state index in [0.29, 0.717) is 4.75 Å². The summed E-state index contributed by atoms with van der Waals surface area (Å²) in [6, 6.07) is 0. The average molecular weight is 130 g/mol. The van der Waals surface area contributed by atoms with E-state index >= 15 is 0 Å². The first kappa shape index (κ1) is 5.12. The van der Waals surface area contributed by atoms with Crippen molar-refractivity contribution in [3.8, 4) is 0 Å². The Hall–Kier alpha value is 0.310. The molecule has 1 N–H and O–H groups in total. The number of thioether (sulfide) groups is 1. The highest BCUT2D eigenvalue weighted by Crippen LogP contribution is 2.56. The van der Waals surface area contributed by atoms with Crippen molar-refractivity contribution in [1.29, 1.82) is 0 Å². The van der Waals surface area contributed by atoms with E-state index < -0.39 is 0 Å². The molecule has 1 nitrogen and oxygen atoms in total. The monoisotopic (exact) mass is 130 g/mol. The fourth-order valence-corrected chi connectivity index (χ4v) is 2.86. The normalized spacial score (nSPS) is 52.9. The van der Waals surface area contributed by atoms with E-state index in [1.807, 2.05) is 11.8 Å². The van der Waals surface area contributed by atoms with E-state index in [1.165, 1.54) is 18.6 Å². The third kappa shape index (κ3) is 0.531. The van der Waals surface area contributed by atoms with Gasteiger partial charge in [0.1, 0.15) is 0 Å². The van der Waals surface area contributed by atoms with E-state index in [9.17, 15) is 0 Å². The van der Waals surface area contributed by atoms with Gasteiger partial charge in [-0.3, -0.25) is 0 Å². The molecule has 0 aromatic rings. The zero-order chi connectivity index (χ0) is 5.61. The molecule has 2 heteroatoms. The highest BCUT2D eigenvalue weighted by Gasteiger charge is 2.55. The highest BCUT2D eigenvalue weighted by molar-refractivity contribution is 8.01. The van der Waals surface area contributed by atoms with Gasteiger partial charge in [0.2, 0.25) is 0 Å². The van der Waals surface area contributed by atoms with Crippen LogP contribution in [-0.4, -0.2) is 21.7 Å². The molecular formula is C6H10OS. The molecule has 0 radical (unpaired) electrons. The predicted molar refractivity (Wildman–Crippen MR) is 35.0 cm³/mol. The maximum absolute atomic E-state index is 9.10. The molecule has 1 aliphatic heterocycles. The third-order valence-electron chi connectivity index (χ3n) is 2.12. The lowest BCUT2D eigenvalue weighted by molar-refractivity contribution is 0.265. The Balaban J connectivity index is 2.06. The van der Waals surface area contributed by atoms with Crippen LogP contribution < -0.4 is 0 Å². The first-order valence-corrected chi connectivity index (χ1v) is 4.14. The molecule has 1 spiro atoms. The molecule has 1 aliphatic carbocycles. The lowest BCUT2D eigenvalue weighted by Gasteiger charge is -2.00. The molecule has 2 aliphatic rings. The standard InChI is InChI=1S/C6H10OS/c7-5-4-6(5)2-1-3-8-6/h5,7H,1-4H2. The van der Waals surface area contributed by atoms with Gasteiger partial charge in [0.05, 0.1) is 6.10 Å². The number of aliphatic hydroxyl groups is 1. The second-order valence-corrected chi connectivity index (χ2v) is 4.25. The largest absolute Gasteiger partial charge is 0.392 e. The predicted octanol–water partition coefficient (Wildman–Crippen LogP) is 1.02. The number of aliphatic hydroxyl groups excluding tert-OH is 1. The zero-order valence-electron chi connectivity index (χ0n) is 4.76. The van der Waals surface area contributed by atoms with Crippen molar-refractivity contribution in [1.82, 2.24) is 0 Å². The lowest BCUT2D eigenvalue weighted by atomic mass is 10.2. The molecule has 0 amide bonds. The van der Waals surface area contributed by atoms with Gasteiger partial charge in [-0.05, 0) is 25.0 Å². The molecule has 1 saturated heterocycles. The first-order valence-electron chi connectivity index (χ1n) is 3.16. The van der Waals surface area contributed by atoms with Crippen LogP contribution in [0, 0.1) is 0 Å². The fourth-order valence-electron chi connectivity index (χ4n) is 1.41. The molecule has 46 valence electrons. The second kappa shape index (κ2) is 1.42. The van der Waals surface area contributed by atoms with Crippen LogP contribution in [0.2, 0.25) is 0 Å². The van der Waals surface area contributed by atoms with Crippen molar-refractivity contribution in [3.05, 3.63) is 0 Å². The SMILES string of the molecule is OC1CC12CCCS2. The lowest BCUT2D eigenvalue weighted by Crippen LogP contribution is -2.02. The molecule has 2 fully saturated rings. The van der Waals surface area contributed by atoms with Crippen molar-refractivity contribution in [2.45, 2.75) is 30.1 Å². The van der Waals surface area contributed by atoms with Crippen LogP contribution >= 0.6 is 11.8 Å². The number of hydrogen-bond acceptors (Lipinski definition) is 2. The van der Waals surface area contributed by atoms with Gasteiger partial charge in [-0.15, -0.1) is 0 Å². The van der Waals surface area contributed by atoms with E-state index in [4.69, 9.17) is 5.11 Å². The summed E-state index contributed by atoms with van der Waals surface area (Å²) in [5, 5.41) is 9.10. The quantitative estimate of drug-likeness (QED) is 0.528. The molecule has 2 rings (SSSR count). The van der Waals surface area contributed by atoms with Crippen LogP contribution in [0.3, 0.4) is 0 Å². The van der Waals surface area contributed by atoms with E-state index in [1.54, 1.807) is 0 Å². The van der Waals surface area contributed by atoms with Crippen LogP contribution in [0.5, 0.6) is 0 Å². The Labute approximate surface area is 53.5 Å². The van der Waals surface area contributed by atoms with E-state index in [2.05, 4.69) is 0 Å². The maximum atomic E-state index is 9.10. The average Bonchev–Trinajstić information content (AvgIpc) is 2.29. The molecular weight excluding hydrogens is 120 g/mol. The number of hydrogen-bond donors (Lipinski definition) is 1.